The van der Waals surface area contributed by atoms with Gasteiger partial charge in [-0.15, -0.1) is 0 Å². The van der Waals surface area contributed by atoms with Crippen molar-refractivity contribution in [1.82, 2.24) is 4.90 Å². The zero-order valence-electron chi connectivity index (χ0n) is 7.65. The molecule has 0 saturated heterocycles. The van der Waals surface area contributed by atoms with E-state index >= 15 is 0 Å². The Bertz CT molecular complexity index is 144. The molecule has 0 aromatic heterocycles. The smallest absolute Gasteiger partial charge is 0.00148 e. The Kier molecular flexibility index (Phi) is 6.28. The van der Waals surface area contributed by atoms with Crippen LogP contribution in [0, 0.1) is 13.1 Å². The van der Waals surface area contributed by atoms with Crippen molar-refractivity contribution in [2.24, 2.45) is 0 Å². The van der Waals surface area contributed by atoms with Crippen molar-refractivity contribution < 1.29 is 32.7 Å². The maximum Gasteiger partial charge on any atom is 0.00148 e. The predicted molar refractivity (Wildman–Crippen MR) is 45.0 cm³/mol. The Hall–Kier alpha value is 0.254. The van der Waals surface area contributed by atoms with Gasteiger partial charge in [-0.05, 0) is 20.8 Å². The molecule has 2 heteroatoms. The van der Waals surface area contributed by atoms with Crippen LogP contribution in [0.1, 0.15) is 20.8 Å². The van der Waals surface area contributed by atoms with Crippen LogP contribution >= 0.6 is 0 Å². The van der Waals surface area contributed by atoms with Crippen LogP contribution < -0.4 is 0 Å². The first-order chi connectivity index (χ1) is 4.39. The first-order valence-electron chi connectivity index (χ1n) is 3.23. The van der Waals surface area contributed by atoms with Crippen molar-refractivity contribution in [2.75, 3.05) is 0 Å². The van der Waals surface area contributed by atoms with Crippen LogP contribution in [0.25, 0.3) is 0 Å². The molecule has 61 valence electrons. The molecule has 0 aromatic rings. The fraction of sp³-hybridized carbons (Fsp3) is 0.444. The molecule has 0 atom stereocenters. The van der Waals surface area contributed by atoms with Crippen LogP contribution in [-0.2, 0) is 32.7 Å². The summed E-state index contributed by atoms with van der Waals surface area (Å²) in [6.07, 6.45) is 2.76. The monoisotopic (exact) mass is 226 g/mol. The number of hydrogen-bond donors (Lipinski definition) is 0. The van der Waals surface area contributed by atoms with E-state index in [9.17, 15) is 0 Å². The Morgan fingerprint density at radius 3 is 1.82 bits per heavy atom. The van der Waals surface area contributed by atoms with Crippen molar-refractivity contribution in [3.05, 3.63) is 32.0 Å². The van der Waals surface area contributed by atoms with Crippen LogP contribution in [0.2, 0.25) is 0 Å². The summed E-state index contributed by atoms with van der Waals surface area (Å²) in [5.74, 6) is 0. The van der Waals surface area contributed by atoms with Crippen molar-refractivity contribution in [2.45, 2.75) is 26.3 Å². The van der Waals surface area contributed by atoms with Gasteiger partial charge in [0.25, 0.3) is 0 Å². The summed E-state index contributed by atoms with van der Waals surface area (Å²) in [5.41, 5.74) is 0.711. The first kappa shape index (κ1) is 13.8. The number of allylic oxidation sites excluding steroid dienone is 1. The second-order valence-electron chi connectivity index (χ2n) is 3.23. The number of rotatable bonds is 2. The molecule has 0 heterocycles. The third kappa shape index (κ3) is 4.65. The summed E-state index contributed by atoms with van der Waals surface area (Å²) in [6.45, 7) is 17.1. The third-order valence-corrected chi connectivity index (χ3v) is 1.15. The zero-order valence-corrected chi connectivity index (χ0v) is 10.5. The fourth-order valence-corrected chi connectivity index (χ4v) is 0.823. The fourth-order valence-electron chi connectivity index (χ4n) is 0.823. The number of nitrogens with zero attached hydrogens (tertiary/aromatic N) is 1. The normalized spacial score (nSPS) is 9.73. The van der Waals surface area contributed by atoms with Gasteiger partial charge in [0.2, 0.25) is 0 Å². The van der Waals surface area contributed by atoms with Crippen molar-refractivity contribution in [3.63, 3.8) is 0 Å². The van der Waals surface area contributed by atoms with E-state index in [-0.39, 0.29) is 38.2 Å². The van der Waals surface area contributed by atoms with Crippen LogP contribution in [0.4, 0.5) is 0 Å². The number of hydrogen-bond acceptors (Lipinski definition) is 1. The van der Waals surface area contributed by atoms with Crippen LogP contribution in [0.5, 0.6) is 0 Å². The summed E-state index contributed by atoms with van der Waals surface area (Å²) in [5, 5.41) is 0. The van der Waals surface area contributed by atoms with E-state index in [4.69, 9.17) is 0 Å². The molecule has 1 radical (unpaired) electrons. The average Bonchev–Trinajstić information content (AvgIpc) is 1.60. The molecule has 0 amide bonds. The van der Waals surface area contributed by atoms with Gasteiger partial charge >= 0.3 is 0 Å². The molecular weight excluding hydrogens is 211 g/mol. The summed E-state index contributed by atoms with van der Waals surface area (Å²) in [4.78, 5) is 1.81. The minimum absolute atomic E-state index is 0. The van der Waals surface area contributed by atoms with Gasteiger partial charge in [0.05, 0.1) is 0 Å². The van der Waals surface area contributed by atoms with Gasteiger partial charge in [0.1, 0.15) is 0 Å². The molecule has 0 bridgehead atoms. The Morgan fingerprint density at radius 1 is 1.45 bits per heavy atom. The summed E-state index contributed by atoms with van der Waals surface area (Å²) in [6, 6.07) is 0. The molecule has 0 fully saturated rings. The Labute approximate surface area is 95.4 Å². The maximum atomic E-state index is 3.71. The summed E-state index contributed by atoms with van der Waals surface area (Å²) < 4.78 is 0. The third-order valence-electron chi connectivity index (χ3n) is 1.15. The van der Waals surface area contributed by atoms with Gasteiger partial charge in [-0.3, -0.25) is 5.70 Å². The van der Waals surface area contributed by atoms with Gasteiger partial charge in [-0.25, -0.2) is 0 Å². The van der Waals surface area contributed by atoms with E-state index in [0.29, 0.717) is 0 Å². The van der Waals surface area contributed by atoms with Crippen LogP contribution in [-0.4, -0.2) is 10.4 Å². The van der Waals surface area contributed by atoms with Crippen molar-refractivity contribution in [1.29, 1.82) is 0 Å². The maximum absolute atomic E-state index is 3.71. The van der Waals surface area contributed by atoms with Gasteiger partial charge in [-0.2, -0.15) is 12.8 Å². The van der Waals surface area contributed by atoms with E-state index in [2.05, 4.69) is 47.1 Å². The largest absolute Gasteiger partial charge is 0.539 e. The van der Waals surface area contributed by atoms with E-state index in [1.165, 1.54) is 0 Å². The quantitative estimate of drug-likeness (QED) is 0.516. The molecule has 0 unspecified atom stereocenters. The van der Waals surface area contributed by atoms with Crippen molar-refractivity contribution >= 4 is 0 Å². The average molecular weight is 226 g/mol. The minimum Gasteiger partial charge on any atom is -0.539 e. The molecule has 0 saturated carbocycles. The van der Waals surface area contributed by atoms with Gasteiger partial charge in [0.15, 0.2) is 0 Å². The van der Waals surface area contributed by atoms with Gasteiger partial charge in [0, 0.05) is 38.2 Å². The standard InChI is InChI=1S/C9H15N.Y/c1-7-10(8(2)3)9(4,5)6;/h1-3H2,4-6H3;/q-2;. The summed E-state index contributed by atoms with van der Waals surface area (Å²) >= 11 is 0. The Balaban J connectivity index is 0. The second-order valence-corrected chi connectivity index (χ2v) is 3.23. The SMILES string of the molecule is C=[C-]N(C(=C)[CH2-])C(C)(C)C.[Y]. The summed E-state index contributed by atoms with van der Waals surface area (Å²) in [7, 11) is 0. The topological polar surface area (TPSA) is 3.24 Å². The molecule has 0 spiro atoms. The molecule has 11 heavy (non-hydrogen) atoms. The van der Waals surface area contributed by atoms with Crippen LogP contribution in [0.15, 0.2) is 18.9 Å². The van der Waals surface area contributed by atoms with E-state index in [1.807, 2.05) is 4.90 Å². The molecule has 0 aliphatic rings. The predicted octanol–water partition coefficient (Wildman–Crippen LogP) is 2.38. The second kappa shape index (κ2) is 5.00. The molecule has 0 rings (SSSR count). The van der Waals surface area contributed by atoms with E-state index in [0.717, 1.165) is 5.70 Å². The van der Waals surface area contributed by atoms with Gasteiger partial charge in [-0.1, -0.05) is 0 Å². The molecular formula is C9H15NY-2. The van der Waals surface area contributed by atoms with E-state index < -0.39 is 0 Å². The van der Waals surface area contributed by atoms with Crippen molar-refractivity contribution in [3.8, 4) is 0 Å². The molecule has 0 aliphatic carbocycles. The molecule has 0 aromatic carbocycles. The molecule has 0 aliphatic heterocycles. The zero-order chi connectivity index (χ0) is 8.36. The first-order valence-corrected chi connectivity index (χ1v) is 3.23. The molecule has 0 N–H and O–H groups in total. The van der Waals surface area contributed by atoms with E-state index in [1.54, 1.807) is 0 Å². The minimum atomic E-state index is -0.0133. The van der Waals surface area contributed by atoms with Crippen LogP contribution in [0.3, 0.4) is 0 Å². The molecule has 1 nitrogen and oxygen atoms in total. The Morgan fingerprint density at radius 2 is 1.82 bits per heavy atom. The van der Waals surface area contributed by atoms with Gasteiger partial charge < -0.3 is 18.4 Å².